The average molecular weight is 187 g/mol. The molecule has 0 spiro atoms. The molecule has 0 atom stereocenters. The van der Waals surface area contributed by atoms with E-state index in [-0.39, 0.29) is 36.0 Å². The van der Waals surface area contributed by atoms with Crippen molar-refractivity contribution in [2.75, 3.05) is 5.73 Å². The summed E-state index contributed by atoms with van der Waals surface area (Å²) in [6, 6.07) is 7.22. The first-order chi connectivity index (χ1) is 5.70. The zero-order valence-corrected chi connectivity index (χ0v) is 9.62. The molecule has 2 N–H and O–H groups in total. The van der Waals surface area contributed by atoms with Crippen LogP contribution in [0, 0.1) is 0 Å². The summed E-state index contributed by atoms with van der Waals surface area (Å²) in [7, 11) is 0. The van der Waals surface area contributed by atoms with E-state index in [9.17, 15) is 9.90 Å². The fraction of sp³-hybridized carbons (Fsp3) is 0.222. The number of anilines is 1. The average Bonchev–Trinajstić information content (AvgIpc) is 2.03. The first-order valence-electron chi connectivity index (χ1n) is 3.73. The molecule has 0 bridgehead atoms. The Kier molecular flexibility index (Phi) is 5.79. The van der Waals surface area contributed by atoms with Gasteiger partial charge in [-0.05, 0) is 24.5 Å². The van der Waals surface area contributed by atoms with E-state index in [1.807, 2.05) is 18.2 Å². The predicted molar refractivity (Wildman–Crippen MR) is 44.2 cm³/mol. The topological polar surface area (TPSA) is 66.2 Å². The normalized spacial score (nSPS) is 8.92. The third-order valence-electron chi connectivity index (χ3n) is 1.65. The van der Waals surface area contributed by atoms with Crippen molar-refractivity contribution in [3.63, 3.8) is 0 Å². The van der Waals surface area contributed by atoms with Crippen LogP contribution in [0.5, 0.6) is 0 Å². The maximum atomic E-state index is 10.1. The van der Waals surface area contributed by atoms with E-state index in [4.69, 9.17) is 5.73 Å². The number of carbonyl (C=O) groups excluding carboxylic acids is 1. The SMILES string of the molecule is Nc1ccccc1CCC(=O)[O-].[Na+]. The van der Waals surface area contributed by atoms with Gasteiger partial charge in [0.1, 0.15) is 0 Å². The Bertz CT molecular complexity index is 289. The minimum absolute atomic E-state index is 0. The van der Waals surface area contributed by atoms with Crippen LogP contribution in [0.2, 0.25) is 0 Å². The zero-order valence-electron chi connectivity index (χ0n) is 7.62. The van der Waals surface area contributed by atoms with Crippen molar-refractivity contribution in [2.24, 2.45) is 0 Å². The molecule has 0 aliphatic carbocycles. The molecule has 4 heteroatoms. The van der Waals surface area contributed by atoms with Gasteiger partial charge in [0.05, 0.1) is 0 Å². The number of aliphatic carboxylic acids is 1. The number of carboxylic acid groups (broad SMARTS) is 1. The molecule has 0 unspecified atom stereocenters. The molecule has 13 heavy (non-hydrogen) atoms. The van der Waals surface area contributed by atoms with Gasteiger partial charge in [0.25, 0.3) is 0 Å². The number of hydrogen-bond acceptors (Lipinski definition) is 3. The van der Waals surface area contributed by atoms with Gasteiger partial charge in [0.2, 0.25) is 0 Å². The molecule has 64 valence electrons. The van der Waals surface area contributed by atoms with E-state index in [1.165, 1.54) is 0 Å². The van der Waals surface area contributed by atoms with Gasteiger partial charge < -0.3 is 15.6 Å². The van der Waals surface area contributed by atoms with Gasteiger partial charge in [-0.3, -0.25) is 0 Å². The minimum atomic E-state index is -1.04. The minimum Gasteiger partial charge on any atom is -0.550 e. The van der Waals surface area contributed by atoms with Crippen molar-refractivity contribution in [2.45, 2.75) is 12.8 Å². The Balaban J connectivity index is 0.00000144. The standard InChI is InChI=1S/C9H11NO2.Na/c10-8-4-2-1-3-7(8)5-6-9(11)12;/h1-4H,5-6,10H2,(H,11,12);/q;+1/p-1. The van der Waals surface area contributed by atoms with Crippen LogP contribution >= 0.6 is 0 Å². The number of nitrogen functional groups attached to an aromatic ring is 1. The maximum Gasteiger partial charge on any atom is 1.00 e. The number of carboxylic acids is 1. The van der Waals surface area contributed by atoms with Crippen LogP contribution in [0.25, 0.3) is 0 Å². The molecule has 1 aromatic carbocycles. The molecule has 1 aromatic rings. The summed E-state index contributed by atoms with van der Waals surface area (Å²) in [5.41, 5.74) is 7.09. The van der Waals surface area contributed by atoms with Crippen molar-refractivity contribution in [1.29, 1.82) is 0 Å². The van der Waals surface area contributed by atoms with Crippen molar-refractivity contribution < 1.29 is 39.5 Å². The summed E-state index contributed by atoms with van der Waals surface area (Å²) >= 11 is 0. The van der Waals surface area contributed by atoms with Crippen LogP contribution in [0.4, 0.5) is 5.69 Å². The first kappa shape index (κ1) is 12.5. The number of para-hydroxylation sites is 1. The molecule has 3 nitrogen and oxygen atoms in total. The number of rotatable bonds is 3. The Hall–Kier alpha value is -0.510. The fourth-order valence-electron chi connectivity index (χ4n) is 0.999. The van der Waals surface area contributed by atoms with Crippen molar-refractivity contribution in [1.82, 2.24) is 0 Å². The van der Waals surface area contributed by atoms with Crippen molar-refractivity contribution in [3.05, 3.63) is 29.8 Å². The van der Waals surface area contributed by atoms with E-state index in [0.29, 0.717) is 12.1 Å². The smallest absolute Gasteiger partial charge is 0.550 e. The van der Waals surface area contributed by atoms with Gasteiger partial charge in [-0.2, -0.15) is 0 Å². The molecular weight excluding hydrogens is 177 g/mol. The van der Waals surface area contributed by atoms with Crippen LogP contribution in [-0.4, -0.2) is 5.97 Å². The Morgan fingerprint density at radius 3 is 2.54 bits per heavy atom. The quantitative estimate of drug-likeness (QED) is 0.404. The Morgan fingerprint density at radius 2 is 2.00 bits per heavy atom. The molecule has 1 rings (SSSR count). The van der Waals surface area contributed by atoms with Gasteiger partial charge >= 0.3 is 29.6 Å². The van der Waals surface area contributed by atoms with E-state index in [2.05, 4.69) is 0 Å². The summed E-state index contributed by atoms with van der Waals surface area (Å²) < 4.78 is 0. The maximum absolute atomic E-state index is 10.1. The van der Waals surface area contributed by atoms with E-state index < -0.39 is 5.97 Å². The van der Waals surface area contributed by atoms with Crippen LogP contribution in [0.3, 0.4) is 0 Å². The Labute approximate surface area is 99.2 Å². The summed E-state index contributed by atoms with van der Waals surface area (Å²) in [5.74, 6) is -1.04. The van der Waals surface area contributed by atoms with Crippen LogP contribution in [0.15, 0.2) is 24.3 Å². The molecule has 0 fully saturated rings. The van der Waals surface area contributed by atoms with Crippen LogP contribution in [0.1, 0.15) is 12.0 Å². The number of nitrogens with two attached hydrogens (primary N) is 1. The molecule has 0 radical (unpaired) electrons. The third-order valence-corrected chi connectivity index (χ3v) is 1.65. The summed E-state index contributed by atoms with van der Waals surface area (Å²) in [4.78, 5) is 10.1. The van der Waals surface area contributed by atoms with Crippen LogP contribution < -0.4 is 40.4 Å². The van der Waals surface area contributed by atoms with Crippen molar-refractivity contribution >= 4 is 11.7 Å². The van der Waals surface area contributed by atoms with Gasteiger partial charge in [-0.15, -0.1) is 0 Å². The summed E-state index contributed by atoms with van der Waals surface area (Å²) in [6.45, 7) is 0. The second-order valence-electron chi connectivity index (χ2n) is 2.57. The van der Waals surface area contributed by atoms with E-state index >= 15 is 0 Å². The monoisotopic (exact) mass is 187 g/mol. The fourth-order valence-corrected chi connectivity index (χ4v) is 0.999. The molecule has 0 aliphatic heterocycles. The van der Waals surface area contributed by atoms with Gasteiger partial charge in [-0.25, -0.2) is 0 Å². The molecule has 0 amide bonds. The zero-order chi connectivity index (χ0) is 8.97. The van der Waals surface area contributed by atoms with Gasteiger partial charge in [0.15, 0.2) is 0 Å². The predicted octanol–water partition coefficient (Wildman–Crippen LogP) is -3.04. The molecular formula is C9H10NNaO2. The molecule has 0 heterocycles. The molecule has 0 saturated carbocycles. The van der Waals surface area contributed by atoms with E-state index in [0.717, 1.165) is 5.56 Å². The third kappa shape index (κ3) is 4.31. The summed E-state index contributed by atoms with van der Waals surface area (Å²) in [5, 5.41) is 10.1. The first-order valence-corrected chi connectivity index (χ1v) is 3.73. The molecule has 0 saturated heterocycles. The number of hydrogen-bond donors (Lipinski definition) is 1. The number of benzene rings is 1. The Morgan fingerprint density at radius 1 is 1.38 bits per heavy atom. The second kappa shape index (κ2) is 6.02. The number of carbonyl (C=O) groups is 1. The summed E-state index contributed by atoms with van der Waals surface area (Å²) in [6.07, 6.45) is 0.462. The van der Waals surface area contributed by atoms with Gasteiger partial charge in [0, 0.05) is 11.7 Å². The van der Waals surface area contributed by atoms with Crippen LogP contribution in [-0.2, 0) is 11.2 Å². The molecule has 0 aromatic heterocycles. The number of aryl methyl sites for hydroxylation is 1. The second-order valence-corrected chi connectivity index (χ2v) is 2.57. The largest absolute Gasteiger partial charge is 1.00 e. The van der Waals surface area contributed by atoms with Gasteiger partial charge in [-0.1, -0.05) is 18.2 Å². The van der Waals surface area contributed by atoms with E-state index in [1.54, 1.807) is 6.07 Å². The molecule has 0 aliphatic rings. The van der Waals surface area contributed by atoms with Crippen molar-refractivity contribution in [3.8, 4) is 0 Å².